The van der Waals surface area contributed by atoms with Crippen molar-refractivity contribution in [1.82, 2.24) is 9.78 Å². The van der Waals surface area contributed by atoms with Gasteiger partial charge in [-0.15, -0.1) is 0 Å². The van der Waals surface area contributed by atoms with Crippen LogP contribution in [0.5, 0.6) is 0 Å². The van der Waals surface area contributed by atoms with Crippen LogP contribution in [0, 0.1) is 0 Å². The number of aromatic nitrogens is 2. The quantitative estimate of drug-likeness (QED) is 0.692. The molecule has 2 aromatic carbocycles. The van der Waals surface area contributed by atoms with Gasteiger partial charge in [0, 0.05) is 11.6 Å². The van der Waals surface area contributed by atoms with Crippen LogP contribution >= 0.6 is 0 Å². The molecular weight excluding hydrogens is 304 g/mol. The summed E-state index contributed by atoms with van der Waals surface area (Å²) in [6, 6.07) is 16.2. The summed E-state index contributed by atoms with van der Waals surface area (Å²) in [7, 11) is 0. The van der Waals surface area contributed by atoms with Crippen LogP contribution in [0.15, 0.2) is 59.4 Å². The zero-order chi connectivity index (χ0) is 17.1. The fourth-order valence-electron chi connectivity index (χ4n) is 2.66. The minimum atomic E-state index is -0.771. The average molecular weight is 322 g/mol. The van der Waals surface area contributed by atoms with E-state index < -0.39 is 12.0 Å². The molecular formula is C19H18N2O3. The lowest BCUT2D eigenvalue weighted by Gasteiger charge is -2.14. The van der Waals surface area contributed by atoms with Crippen molar-refractivity contribution < 1.29 is 9.53 Å². The molecule has 3 rings (SSSR count). The normalized spacial score (nSPS) is 12.1. The molecule has 1 atom stereocenters. The van der Waals surface area contributed by atoms with Gasteiger partial charge >= 0.3 is 5.97 Å². The van der Waals surface area contributed by atoms with Gasteiger partial charge in [-0.3, -0.25) is 4.79 Å². The molecule has 0 saturated heterocycles. The highest BCUT2D eigenvalue weighted by atomic mass is 16.5. The highest BCUT2D eigenvalue weighted by Crippen LogP contribution is 2.26. The van der Waals surface area contributed by atoms with E-state index in [1.165, 1.54) is 10.7 Å². The third kappa shape index (κ3) is 2.93. The molecule has 0 radical (unpaired) electrons. The van der Waals surface area contributed by atoms with Crippen molar-refractivity contribution in [2.24, 2.45) is 0 Å². The summed E-state index contributed by atoms with van der Waals surface area (Å²) in [5.41, 5.74) is 1.22. The van der Waals surface area contributed by atoms with Crippen molar-refractivity contribution in [2.75, 3.05) is 6.61 Å². The first-order valence-electron chi connectivity index (χ1n) is 7.86. The van der Waals surface area contributed by atoms with Gasteiger partial charge in [-0.25, -0.2) is 9.48 Å². The van der Waals surface area contributed by atoms with Crippen LogP contribution in [0.1, 0.15) is 19.9 Å². The highest BCUT2D eigenvalue weighted by molar-refractivity contribution is 5.95. The van der Waals surface area contributed by atoms with Crippen LogP contribution in [-0.4, -0.2) is 22.4 Å². The first-order valence-corrected chi connectivity index (χ1v) is 7.86. The standard InChI is InChI=1S/C19H18N2O3/c1-3-24-19(23)13(2)21-18(22)12-11-17(20-21)16-10-6-8-14-7-4-5-9-15(14)16/h4-13H,3H2,1-2H3. The number of rotatable bonds is 4. The molecule has 0 aliphatic heterocycles. The molecule has 1 aromatic heterocycles. The Morgan fingerprint density at radius 1 is 1.12 bits per heavy atom. The van der Waals surface area contributed by atoms with Gasteiger partial charge in [0.2, 0.25) is 0 Å². The second-order valence-corrected chi connectivity index (χ2v) is 5.46. The zero-order valence-electron chi connectivity index (χ0n) is 13.6. The fourth-order valence-corrected chi connectivity index (χ4v) is 2.66. The molecule has 0 saturated carbocycles. The highest BCUT2D eigenvalue weighted by Gasteiger charge is 2.19. The number of nitrogens with zero attached hydrogens (tertiary/aromatic N) is 2. The number of carbonyl (C=O) groups excluding carboxylic acids is 1. The molecule has 5 nitrogen and oxygen atoms in total. The summed E-state index contributed by atoms with van der Waals surface area (Å²) in [5.74, 6) is -0.470. The van der Waals surface area contributed by atoms with E-state index in [4.69, 9.17) is 4.74 Å². The second kappa shape index (κ2) is 6.66. The molecule has 1 heterocycles. The molecule has 1 unspecified atom stereocenters. The van der Waals surface area contributed by atoms with Gasteiger partial charge in [-0.05, 0) is 30.7 Å². The van der Waals surface area contributed by atoms with Crippen LogP contribution in [-0.2, 0) is 9.53 Å². The van der Waals surface area contributed by atoms with E-state index in [9.17, 15) is 9.59 Å². The fraction of sp³-hybridized carbons (Fsp3) is 0.211. The van der Waals surface area contributed by atoms with Gasteiger partial charge in [0.1, 0.15) is 0 Å². The predicted molar refractivity (Wildman–Crippen MR) is 92.8 cm³/mol. The molecule has 0 aliphatic carbocycles. The third-order valence-electron chi connectivity index (χ3n) is 3.89. The summed E-state index contributed by atoms with van der Waals surface area (Å²) in [6.07, 6.45) is 0. The van der Waals surface area contributed by atoms with Gasteiger partial charge in [0.05, 0.1) is 12.3 Å². The summed E-state index contributed by atoms with van der Waals surface area (Å²) in [6.45, 7) is 3.60. The van der Waals surface area contributed by atoms with E-state index in [0.29, 0.717) is 5.69 Å². The van der Waals surface area contributed by atoms with E-state index in [2.05, 4.69) is 5.10 Å². The summed E-state index contributed by atoms with van der Waals surface area (Å²) >= 11 is 0. The molecule has 122 valence electrons. The van der Waals surface area contributed by atoms with E-state index in [-0.39, 0.29) is 12.2 Å². The Balaban J connectivity index is 2.11. The summed E-state index contributed by atoms with van der Waals surface area (Å²) in [5, 5.41) is 6.53. The third-order valence-corrected chi connectivity index (χ3v) is 3.89. The first-order chi connectivity index (χ1) is 11.6. The maximum atomic E-state index is 12.1. The van der Waals surface area contributed by atoms with Gasteiger partial charge in [0.15, 0.2) is 6.04 Å². The van der Waals surface area contributed by atoms with E-state index >= 15 is 0 Å². The van der Waals surface area contributed by atoms with Crippen molar-refractivity contribution in [3.63, 3.8) is 0 Å². The van der Waals surface area contributed by atoms with Gasteiger partial charge < -0.3 is 4.74 Å². The molecule has 0 aliphatic rings. The monoisotopic (exact) mass is 322 g/mol. The van der Waals surface area contributed by atoms with Crippen LogP contribution in [0.4, 0.5) is 0 Å². The Bertz CT molecular complexity index is 941. The molecule has 3 aromatic rings. The number of hydrogen-bond donors (Lipinski definition) is 0. The van der Waals surface area contributed by atoms with Crippen LogP contribution in [0.2, 0.25) is 0 Å². The Kier molecular flexibility index (Phi) is 4.42. The van der Waals surface area contributed by atoms with E-state index in [0.717, 1.165) is 16.3 Å². The van der Waals surface area contributed by atoms with Crippen LogP contribution in [0.3, 0.4) is 0 Å². The van der Waals surface area contributed by atoms with Crippen molar-refractivity contribution in [2.45, 2.75) is 19.9 Å². The van der Waals surface area contributed by atoms with Crippen molar-refractivity contribution in [3.05, 3.63) is 65.0 Å². The van der Waals surface area contributed by atoms with Crippen LogP contribution in [0.25, 0.3) is 22.0 Å². The van der Waals surface area contributed by atoms with Crippen molar-refractivity contribution in [3.8, 4) is 11.3 Å². The topological polar surface area (TPSA) is 61.2 Å². The molecule has 24 heavy (non-hydrogen) atoms. The maximum Gasteiger partial charge on any atom is 0.330 e. The van der Waals surface area contributed by atoms with Crippen molar-refractivity contribution >= 4 is 16.7 Å². The van der Waals surface area contributed by atoms with Crippen molar-refractivity contribution in [1.29, 1.82) is 0 Å². The largest absolute Gasteiger partial charge is 0.464 e. The lowest BCUT2D eigenvalue weighted by molar-refractivity contribution is -0.147. The lowest BCUT2D eigenvalue weighted by Crippen LogP contribution is -2.31. The average Bonchev–Trinajstić information content (AvgIpc) is 2.61. The number of fused-ring (bicyclic) bond motifs is 1. The second-order valence-electron chi connectivity index (χ2n) is 5.46. The number of ether oxygens (including phenoxy) is 1. The Morgan fingerprint density at radius 3 is 2.67 bits per heavy atom. The first kappa shape index (κ1) is 15.9. The number of hydrogen-bond acceptors (Lipinski definition) is 4. The SMILES string of the molecule is CCOC(=O)C(C)n1nc(-c2cccc3ccccc23)ccc1=O. The lowest BCUT2D eigenvalue weighted by atomic mass is 10.0. The summed E-state index contributed by atoms with van der Waals surface area (Å²) in [4.78, 5) is 24.0. The van der Waals surface area contributed by atoms with E-state index in [1.807, 2.05) is 42.5 Å². The molecule has 0 fully saturated rings. The van der Waals surface area contributed by atoms with Gasteiger partial charge in [-0.1, -0.05) is 42.5 Å². The Morgan fingerprint density at radius 2 is 1.88 bits per heavy atom. The smallest absolute Gasteiger partial charge is 0.330 e. The summed E-state index contributed by atoms with van der Waals surface area (Å²) < 4.78 is 6.17. The number of benzene rings is 2. The number of carbonyl (C=O) groups is 1. The Hall–Kier alpha value is -2.95. The molecule has 5 heteroatoms. The van der Waals surface area contributed by atoms with Gasteiger partial charge in [-0.2, -0.15) is 5.10 Å². The molecule has 0 spiro atoms. The number of esters is 1. The molecule has 0 amide bonds. The zero-order valence-corrected chi connectivity index (χ0v) is 13.6. The van der Waals surface area contributed by atoms with E-state index in [1.54, 1.807) is 19.9 Å². The Labute approximate surface area is 139 Å². The minimum Gasteiger partial charge on any atom is -0.464 e. The van der Waals surface area contributed by atoms with Gasteiger partial charge in [0.25, 0.3) is 5.56 Å². The maximum absolute atomic E-state index is 12.1. The molecule has 0 bridgehead atoms. The predicted octanol–water partition coefficient (Wildman–Crippen LogP) is 3.19. The van der Waals surface area contributed by atoms with Crippen LogP contribution < -0.4 is 5.56 Å². The molecule has 0 N–H and O–H groups in total. The minimum absolute atomic E-state index is 0.265.